The summed E-state index contributed by atoms with van der Waals surface area (Å²) < 4.78 is 0. The maximum atomic E-state index is 12.4. The maximum Gasteiger partial charge on any atom is 0.261 e. The largest absolute Gasteiger partial charge is 0.369 e. The van der Waals surface area contributed by atoms with E-state index in [9.17, 15) is 9.59 Å². The molecule has 2 aromatic carbocycles. The van der Waals surface area contributed by atoms with Crippen LogP contribution in [0.5, 0.6) is 0 Å². The van der Waals surface area contributed by atoms with E-state index in [0.717, 1.165) is 25.8 Å². The van der Waals surface area contributed by atoms with E-state index in [1.54, 1.807) is 24.3 Å². The molecule has 0 spiro atoms. The van der Waals surface area contributed by atoms with Crippen molar-refractivity contribution in [3.8, 4) is 0 Å². The standard InChI is InChI=1S/C21H22N2O2/c1-15-11-12-16-7-2-5-10-19(16)22(15)13-6-14-23-20(24)17-8-3-4-9-18(17)21(23)25/h2-5,7-10,15H,6,11-14H2,1H3. The Bertz CT molecular complexity index is 795. The number of carbonyl (C=O) groups excluding carboxylic acids is 2. The van der Waals surface area contributed by atoms with E-state index in [1.807, 2.05) is 0 Å². The van der Waals surface area contributed by atoms with Crippen molar-refractivity contribution < 1.29 is 9.59 Å². The van der Waals surface area contributed by atoms with Gasteiger partial charge in [-0.15, -0.1) is 0 Å². The highest BCUT2D eigenvalue weighted by molar-refractivity contribution is 6.21. The van der Waals surface area contributed by atoms with Gasteiger partial charge in [-0.25, -0.2) is 0 Å². The van der Waals surface area contributed by atoms with Gasteiger partial charge in [0.2, 0.25) is 0 Å². The van der Waals surface area contributed by atoms with E-state index in [1.165, 1.54) is 16.2 Å². The van der Waals surface area contributed by atoms with E-state index in [2.05, 4.69) is 36.1 Å². The van der Waals surface area contributed by atoms with Gasteiger partial charge in [-0.05, 0) is 49.9 Å². The summed E-state index contributed by atoms with van der Waals surface area (Å²) in [6.07, 6.45) is 3.04. The highest BCUT2D eigenvalue weighted by atomic mass is 16.2. The van der Waals surface area contributed by atoms with Crippen molar-refractivity contribution in [2.75, 3.05) is 18.0 Å². The smallest absolute Gasteiger partial charge is 0.261 e. The summed E-state index contributed by atoms with van der Waals surface area (Å²) in [6.45, 7) is 3.57. The zero-order chi connectivity index (χ0) is 17.4. The zero-order valence-electron chi connectivity index (χ0n) is 14.4. The van der Waals surface area contributed by atoms with Gasteiger partial charge in [0.25, 0.3) is 11.8 Å². The molecule has 0 N–H and O–H groups in total. The van der Waals surface area contributed by atoms with Crippen molar-refractivity contribution in [1.82, 2.24) is 4.90 Å². The zero-order valence-corrected chi connectivity index (χ0v) is 14.4. The van der Waals surface area contributed by atoms with Crippen LogP contribution in [0, 0.1) is 0 Å². The van der Waals surface area contributed by atoms with Gasteiger partial charge < -0.3 is 4.90 Å². The minimum Gasteiger partial charge on any atom is -0.369 e. The third-order valence-corrected chi connectivity index (χ3v) is 5.32. The Hall–Kier alpha value is -2.62. The first-order chi connectivity index (χ1) is 12.2. The number of hydrogen-bond donors (Lipinski definition) is 0. The second-order valence-electron chi connectivity index (χ2n) is 6.87. The molecule has 0 fully saturated rings. The lowest BCUT2D eigenvalue weighted by atomic mass is 9.96. The summed E-state index contributed by atoms with van der Waals surface area (Å²) in [5, 5.41) is 0. The topological polar surface area (TPSA) is 40.6 Å². The second-order valence-corrected chi connectivity index (χ2v) is 6.87. The lowest BCUT2D eigenvalue weighted by molar-refractivity contribution is 0.0653. The molecule has 0 saturated heterocycles. The highest BCUT2D eigenvalue weighted by Crippen LogP contribution is 2.30. The number of fused-ring (bicyclic) bond motifs is 2. The van der Waals surface area contributed by atoms with E-state index in [-0.39, 0.29) is 11.8 Å². The first kappa shape index (κ1) is 15.9. The normalized spacial score (nSPS) is 19.2. The monoisotopic (exact) mass is 334 g/mol. The van der Waals surface area contributed by atoms with Crippen LogP contribution >= 0.6 is 0 Å². The number of carbonyl (C=O) groups is 2. The van der Waals surface area contributed by atoms with E-state index >= 15 is 0 Å². The Kier molecular flexibility index (Phi) is 4.04. The van der Waals surface area contributed by atoms with Crippen molar-refractivity contribution >= 4 is 17.5 Å². The summed E-state index contributed by atoms with van der Waals surface area (Å²) in [6, 6.07) is 16.1. The molecule has 0 aliphatic carbocycles. The van der Waals surface area contributed by atoms with Crippen LogP contribution < -0.4 is 4.90 Å². The first-order valence-corrected chi connectivity index (χ1v) is 8.96. The fourth-order valence-electron chi connectivity index (χ4n) is 3.94. The number of hydrogen-bond acceptors (Lipinski definition) is 3. The number of benzene rings is 2. The quantitative estimate of drug-likeness (QED) is 0.803. The maximum absolute atomic E-state index is 12.4. The fraction of sp³-hybridized carbons (Fsp3) is 0.333. The summed E-state index contributed by atoms with van der Waals surface area (Å²) in [7, 11) is 0. The van der Waals surface area contributed by atoms with Gasteiger partial charge in [-0.2, -0.15) is 0 Å². The molecule has 25 heavy (non-hydrogen) atoms. The predicted octanol–water partition coefficient (Wildman–Crippen LogP) is 3.51. The molecule has 0 aromatic heterocycles. The van der Waals surface area contributed by atoms with Crippen molar-refractivity contribution in [1.29, 1.82) is 0 Å². The van der Waals surface area contributed by atoms with Gasteiger partial charge in [0.15, 0.2) is 0 Å². The lowest BCUT2D eigenvalue weighted by Gasteiger charge is -2.37. The van der Waals surface area contributed by atoms with E-state index in [4.69, 9.17) is 0 Å². The number of nitrogens with zero attached hydrogens (tertiary/aromatic N) is 2. The summed E-state index contributed by atoms with van der Waals surface area (Å²) >= 11 is 0. The summed E-state index contributed by atoms with van der Waals surface area (Å²) in [4.78, 5) is 28.7. The van der Waals surface area contributed by atoms with Crippen LogP contribution in [0.3, 0.4) is 0 Å². The minimum atomic E-state index is -0.160. The minimum absolute atomic E-state index is 0.160. The molecule has 2 aliphatic heterocycles. The fourth-order valence-corrected chi connectivity index (χ4v) is 3.94. The molecule has 128 valence electrons. The second kappa shape index (κ2) is 6.36. The number of rotatable bonds is 4. The number of aryl methyl sites for hydroxylation is 1. The number of imide groups is 1. The van der Waals surface area contributed by atoms with Crippen LogP contribution in [0.2, 0.25) is 0 Å². The van der Waals surface area contributed by atoms with Crippen LogP contribution in [-0.4, -0.2) is 35.8 Å². The average Bonchev–Trinajstić information content (AvgIpc) is 2.88. The van der Waals surface area contributed by atoms with Crippen molar-refractivity contribution in [2.45, 2.75) is 32.2 Å². The number of anilines is 1. The molecule has 2 heterocycles. The van der Waals surface area contributed by atoms with E-state index in [0.29, 0.717) is 23.7 Å². The molecule has 4 rings (SSSR count). The van der Waals surface area contributed by atoms with Crippen LogP contribution in [0.25, 0.3) is 0 Å². The van der Waals surface area contributed by atoms with Crippen LogP contribution in [0.15, 0.2) is 48.5 Å². The van der Waals surface area contributed by atoms with Gasteiger partial charge in [0, 0.05) is 24.8 Å². The Morgan fingerprint density at radius 1 is 0.920 bits per heavy atom. The third kappa shape index (κ3) is 2.72. The molecule has 0 bridgehead atoms. The van der Waals surface area contributed by atoms with Crippen molar-refractivity contribution in [3.63, 3.8) is 0 Å². The first-order valence-electron chi connectivity index (χ1n) is 8.96. The van der Waals surface area contributed by atoms with Crippen molar-refractivity contribution in [2.24, 2.45) is 0 Å². The van der Waals surface area contributed by atoms with Crippen LogP contribution in [0.4, 0.5) is 5.69 Å². The number of amides is 2. The molecule has 1 atom stereocenters. The SMILES string of the molecule is CC1CCc2ccccc2N1CCCN1C(=O)c2ccccc2C1=O. The lowest BCUT2D eigenvalue weighted by Crippen LogP contribution is -2.40. The summed E-state index contributed by atoms with van der Waals surface area (Å²) in [5.74, 6) is -0.319. The predicted molar refractivity (Wildman–Crippen MR) is 98.0 cm³/mol. The molecular formula is C21H22N2O2. The summed E-state index contributed by atoms with van der Waals surface area (Å²) in [5.41, 5.74) is 3.75. The Morgan fingerprint density at radius 2 is 1.56 bits per heavy atom. The Labute approximate surface area is 148 Å². The highest BCUT2D eigenvalue weighted by Gasteiger charge is 2.34. The Morgan fingerprint density at radius 3 is 2.28 bits per heavy atom. The molecule has 4 heteroatoms. The molecule has 4 nitrogen and oxygen atoms in total. The molecular weight excluding hydrogens is 312 g/mol. The molecule has 0 radical (unpaired) electrons. The van der Waals surface area contributed by atoms with Gasteiger partial charge in [0.05, 0.1) is 11.1 Å². The molecule has 2 aliphatic rings. The van der Waals surface area contributed by atoms with Crippen molar-refractivity contribution in [3.05, 3.63) is 65.2 Å². The van der Waals surface area contributed by atoms with Gasteiger partial charge in [-0.1, -0.05) is 30.3 Å². The molecule has 1 unspecified atom stereocenters. The third-order valence-electron chi connectivity index (χ3n) is 5.32. The molecule has 0 saturated carbocycles. The van der Waals surface area contributed by atoms with Gasteiger partial charge in [0.1, 0.15) is 0 Å². The average molecular weight is 334 g/mol. The van der Waals surface area contributed by atoms with Gasteiger partial charge >= 0.3 is 0 Å². The van der Waals surface area contributed by atoms with Gasteiger partial charge in [-0.3, -0.25) is 14.5 Å². The molecule has 2 aromatic rings. The van der Waals surface area contributed by atoms with Crippen LogP contribution in [-0.2, 0) is 6.42 Å². The molecule has 2 amide bonds. The van der Waals surface area contributed by atoms with Crippen LogP contribution in [0.1, 0.15) is 46.0 Å². The number of para-hydroxylation sites is 1. The van der Waals surface area contributed by atoms with E-state index < -0.39 is 0 Å². The Balaban J connectivity index is 1.44.